The van der Waals surface area contributed by atoms with E-state index < -0.39 is 0 Å². The minimum Gasteiger partial charge on any atom is -0.459 e. The minimum atomic E-state index is 0.319. The first-order chi connectivity index (χ1) is 7.75. The number of nitrogens with one attached hydrogen (secondary N) is 1. The van der Waals surface area contributed by atoms with E-state index in [1.165, 1.54) is 23.8 Å². The lowest BCUT2D eigenvalue weighted by atomic mass is 10.1. The quantitative estimate of drug-likeness (QED) is 0.847. The molecular weight excluding hydrogens is 198 g/mol. The van der Waals surface area contributed by atoms with Crippen molar-refractivity contribution >= 4 is 11.0 Å². The Hall–Kier alpha value is -1.28. The Labute approximate surface area is 95.6 Å². The molecule has 2 nitrogen and oxygen atoms in total. The molecule has 1 aliphatic carbocycles. The number of furan rings is 1. The molecule has 3 rings (SSSR count). The second kappa shape index (κ2) is 3.63. The second-order valence-electron chi connectivity index (χ2n) is 4.75. The zero-order valence-corrected chi connectivity index (χ0v) is 9.79. The van der Waals surface area contributed by atoms with Crippen LogP contribution in [0.25, 0.3) is 11.0 Å². The van der Waals surface area contributed by atoms with Crippen LogP contribution in [-0.4, -0.2) is 6.04 Å². The summed E-state index contributed by atoms with van der Waals surface area (Å²) in [6.45, 7) is 4.33. The average molecular weight is 215 g/mol. The maximum absolute atomic E-state index is 5.93. The first kappa shape index (κ1) is 9.91. The van der Waals surface area contributed by atoms with Crippen molar-refractivity contribution in [3.8, 4) is 0 Å². The van der Waals surface area contributed by atoms with Crippen molar-refractivity contribution in [3.05, 3.63) is 35.6 Å². The molecule has 84 valence electrons. The number of fused-ring (bicyclic) bond motifs is 1. The summed E-state index contributed by atoms with van der Waals surface area (Å²) in [5.74, 6) is 1.09. The Morgan fingerprint density at radius 2 is 2.06 bits per heavy atom. The van der Waals surface area contributed by atoms with Crippen LogP contribution in [0.4, 0.5) is 0 Å². The fraction of sp³-hybridized carbons (Fsp3) is 0.429. The fourth-order valence-electron chi connectivity index (χ4n) is 2.29. The molecule has 1 aliphatic rings. The van der Waals surface area contributed by atoms with E-state index in [1.807, 2.05) is 12.1 Å². The fourth-order valence-corrected chi connectivity index (χ4v) is 2.29. The zero-order valence-electron chi connectivity index (χ0n) is 9.79. The molecule has 1 atom stereocenters. The molecule has 2 aromatic rings. The van der Waals surface area contributed by atoms with Gasteiger partial charge in [-0.1, -0.05) is 18.2 Å². The van der Waals surface area contributed by atoms with Crippen molar-refractivity contribution in [2.75, 3.05) is 0 Å². The van der Waals surface area contributed by atoms with Gasteiger partial charge in [0, 0.05) is 11.4 Å². The van der Waals surface area contributed by atoms with E-state index in [0.29, 0.717) is 12.1 Å². The third-order valence-corrected chi connectivity index (χ3v) is 3.34. The van der Waals surface area contributed by atoms with E-state index in [4.69, 9.17) is 4.42 Å². The molecule has 0 bridgehead atoms. The first-order valence-corrected chi connectivity index (χ1v) is 6.00. The lowest BCUT2D eigenvalue weighted by Gasteiger charge is -2.11. The van der Waals surface area contributed by atoms with Crippen molar-refractivity contribution in [2.24, 2.45) is 0 Å². The Morgan fingerprint density at radius 1 is 1.31 bits per heavy atom. The minimum absolute atomic E-state index is 0.319. The number of para-hydroxylation sites is 1. The Balaban J connectivity index is 1.98. The van der Waals surface area contributed by atoms with Crippen molar-refractivity contribution in [1.29, 1.82) is 0 Å². The van der Waals surface area contributed by atoms with Crippen molar-refractivity contribution in [1.82, 2.24) is 5.32 Å². The van der Waals surface area contributed by atoms with Gasteiger partial charge in [-0.05, 0) is 38.3 Å². The molecule has 1 unspecified atom stereocenters. The molecule has 0 saturated heterocycles. The summed E-state index contributed by atoms with van der Waals surface area (Å²) >= 11 is 0. The average Bonchev–Trinajstić information content (AvgIpc) is 3.03. The molecule has 16 heavy (non-hydrogen) atoms. The standard InChI is InChI=1S/C14H17NO/c1-9-12-5-3-4-6-13(12)16-14(9)10(2)15-11-7-8-11/h3-6,10-11,15H,7-8H2,1-2H3. The van der Waals surface area contributed by atoms with E-state index in [2.05, 4.69) is 31.3 Å². The molecule has 1 aromatic carbocycles. The summed E-state index contributed by atoms with van der Waals surface area (Å²) in [7, 11) is 0. The van der Waals surface area contributed by atoms with Crippen molar-refractivity contribution in [2.45, 2.75) is 38.8 Å². The van der Waals surface area contributed by atoms with Crippen LogP contribution in [0.1, 0.15) is 37.1 Å². The summed E-state index contributed by atoms with van der Waals surface area (Å²) in [6, 6.07) is 9.28. The number of aryl methyl sites for hydroxylation is 1. The van der Waals surface area contributed by atoms with Crippen LogP contribution < -0.4 is 5.32 Å². The number of benzene rings is 1. The normalized spacial score (nSPS) is 17.9. The van der Waals surface area contributed by atoms with E-state index in [0.717, 1.165) is 11.3 Å². The van der Waals surface area contributed by atoms with Crippen molar-refractivity contribution < 1.29 is 4.42 Å². The van der Waals surface area contributed by atoms with Crippen LogP contribution in [0.2, 0.25) is 0 Å². The van der Waals surface area contributed by atoms with Gasteiger partial charge < -0.3 is 9.73 Å². The molecule has 0 aliphatic heterocycles. The second-order valence-corrected chi connectivity index (χ2v) is 4.75. The van der Waals surface area contributed by atoms with E-state index in [9.17, 15) is 0 Å². The number of hydrogen-bond donors (Lipinski definition) is 1. The van der Waals surface area contributed by atoms with E-state index in [1.54, 1.807) is 0 Å². The lowest BCUT2D eigenvalue weighted by molar-refractivity contribution is 0.446. The first-order valence-electron chi connectivity index (χ1n) is 6.00. The maximum Gasteiger partial charge on any atom is 0.134 e. The van der Waals surface area contributed by atoms with Crippen LogP contribution in [0.15, 0.2) is 28.7 Å². The monoisotopic (exact) mass is 215 g/mol. The number of hydrogen-bond acceptors (Lipinski definition) is 2. The van der Waals surface area contributed by atoms with Crippen LogP contribution in [0, 0.1) is 6.92 Å². The molecule has 1 saturated carbocycles. The topological polar surface area (TPSA) is 25.2 Å². The molecule has 1 heterocycles. The maximum atomic E-state index is 5.93. The van der Waals surface area contributed by atoms with E-state index >= 15 is 0 Å². The van der Waals surface area contributed by atoms with Gasteiger partial charge in [0.1, 0.15) is 11.3 Å². The van der Waals surface area contributed by atoms with Crippen LogP contribution in [0.5, 0.6) is 0 Å². The predicted molar refractivity (Wildman–Crippen MR) is 65.5 cm³/mol. The third kappa shape index (κ3) is 1.63. The molecule has 1 fully saturated rings. The van der Waals surface area contributed by atoms with Gasteiger partial charge in [-0.25, -0.2) is 0 Å². The van der Waals surface area contributed by atoms with E-state index in [-0.39, 0.29) is 0 Å². The van der Waals surface area contributed by atoms with Gasteiger partial charge in [-0.15, -0.1) is 0 Å². The largest absolute Gasteiger partial charge is 0.459 e. The van der Waals surface area contributed by atoms with Gasteiger partial charge in [-0.2, -0.15) is 0 Å². The Morgan fingerprint density at radius 3 is 2.75 bits per heavy atom. The smallest absolute Gasteiger partial charge is 0.134 e. The zero-order chi connectivity index (χ0) is 11.1. The summed E-state index contributed by atoms with van der Waals surface area (Å²) in [5.41, 5.74) is 2.27. The third-order valence-electron chi connectivity index (χ3n) is 3.34. The van der Waals surface area contributed by atoms with Gasteiger partial charge in [0.15, 0.2) is 0 Å². The summed E-state index contributed by atoms with van der Waals surface area (Å²) in [6.07, 6.45) is 2.62. The van der Waals surface area contributed by atoms with Crippen LogP contribution >= 0.6 is 0 Å². The molecule has 0 radical (unpaired) electrons. The molecule has 2 heteroatoms. The lowest BCUT2D eigenvalue weighted by Crippen LogP contribution is -2.20. The van der Waals surface area contributed by atoms with Gasteiger partial charge in [0.25, 0.3) is 0 Å². The Bertz CT molecular complexity index is 510. The molecule has 0 amide bonds. The van der Waals surface area contributed by atoms with Crippen molar-refractivity contribution in [3.63, 3.8) is 0 Å². The van der Waals surface area contributed by atoms with Crippen LogP contribution in [0.3, 0.4) is 0 Å². The van der Waals surface area contributed by atoms with Gasteiger partial charge >= 0.3 is 0 Å². The van der Waals surface area contributed by atoms with Gasteiger partial charge in [0.05, 0.1) is 6.04 Å². The SMILES string of the molecule is Cc1c(C(C)NC2CC2)oc2ccccc12. The molecule has 1 N–H and O–H groups in total. The number of rotatable bonds is 3. The summed E-state index contributed by atoms with van der Waals surface area (Å²) in [4.78, 5) is 0. The highest BCUT2D eigenvalue weighted by atomic mass is 16.3. The highest BCUT2D eigenvalue weighted by molar-refractivity contribution is 5.82. The molecule has 1 aromatic heterocycles. The van der Waals surface area contributed by atoms with Gasteiger partial charge in [-0.3, -0.25) is 0 Å². The summed E-state index contributed by atoms with van der Waals surface area (Å²) in [5, 5.41) is 4.82. The Kier molecular flexibility index (Phi) is 2.25. The predicted octanol–water partition coefficient (Wildman–Crippen LogP) is 3.55. The molecule has 0 spiro atoms. The summed E-state index contributed by atoms with van der Waals surface area (Å²) < 4.78 is 5.93. The van der Waals surface area contributed by atoms with Crippen LogP contribution in [-0.2, 0) is 0 Å². The highest BCUT2D eigenvalue weighted by Crippen LogP contribution is 2.31. The highest BCUT2D eigenvalue weighted by Gasteiger charge is 2.25. The van der Waals surface area contributed by atoms with Gasteiger partial charge in [0.2, 0.25) is 0 Å². The molecular formula is C14H17NO.